The molecule has 0 aliphatic carbocycles. The van der Waals surface area contributed by atoms with Crippen LogP contribution in [-0.2, 0) is 9.59 Å². The summed E-state index contributed by atoms with van der Waals surface area (Å²) in [5, 5.41) is 0. The van der Waals surface area contributed by atoms with Crippen molar-refractivity contribution in [3.8, 4) is 0 Å². The summed E-state index contributed by atoms with van der Waals surface area (Å²) in [6, 6.07) is 0. The lowest BCUT2D eigenvalue weighted by Crippen LogP contribution is -2.44. The van der Waals surface area contributed by atoms with E-state index >= 15 is 0 Å². The molecule has 0 amide bonds. The lowest BCUT2D eigenvalue weighted by molar-refractivity contribution is -0.144. The fraction of sp³-hybridized carbons (Fsp3) is 0.867. The summed E-state index contributed by atoms with van der Waals surface area (Å²) < 4.78 is 0. The van der Waals surface area contributed by atoms with E-state index in [0.717, 1.165) is 0 Å². The van der Waals surface area contributed by atoms with Crippen LogP contribution in [0.4, 0.5) is 0 Å². The minimum Gasteiger partial charge on any atom is -0.298 e. The fourth-order valence-electron chi connectivity index (χ4n) is 1.68. The number of hydrogen-bond acceptors (Lipinski definition) is 2. The highest BCUT2D eigenvalue weighted by Gasteiger charge is 2.44. The van der Waals surface area contributed by atoms with Gasteiger partial charge in [0.15, 0.2) is 0 Å². The molecule has 0 saturated carbocycles. The molecule has 0 aliphatic heterocycles. The van der Waals surface area contributed by atoms with Gasteiger partial charge in [-0.2, -0.15) is 0 Å². The Balaban J connectivity index is 5.16. The summed E-state index contributed by atoms with van der Waals surface area (Å²) in [5.41, 5.74) is -1.09. The van der Waals surface area contributed by atoms with Crippen LogP contribution in [-0.4, -0.2) is 11.6 Å². The minimum atomic E-state index is -0.524. The van der Waals surface area contributed by atoms with Crippen molar-refractivity contribution in [3.05, 3.63) is 0 Å². The molecular weight excluding hydrogens is 212 g/mol. The van der Waals surface area contributed by atoms with E-state index in [0.29, 0.717) is 0 Å². The van der Waals surface area contributed by atoms with Gasteiger partial charge in [-0.05, 0) is 12.3 Å². The van der Waals surface area contributed by atoms with Crippen LogP contribution in [0.2, 0.25) is 0 Å². The molecule has 2 nitrogen and oxygen atoms in total. The molecule has 0 heterocycles. The van der Waals surface area contributed by atoms with Gasteiger partial charge >= 0.3 is 0 Å². The number of hydrogen-bond donors (Lipinski definition) is 0. The van der Waals surface area contributed by atoms with Gasteiger partial charge in [-0.25, -0.2) is 0 Å². The Morgan fingerprint density at radius 1 is 0.765 bits per heavy atom. The van der Waals surface area contributed by atoms with Crippen LogP contribution in [0.5, 0.6) is 0 Å². The van der Waals surface area contributed by atoms with E-state index in [9.17, 15) is 9.59 Å². The van der Waals surface area contributed by atoms with Gasteiger partial charge < -0.3 is 0 Å². The Bertz CT molecular complexity index is 311. The van der Waals surface area contributed by atoms with Gasteiger partial charge in [0.1, 0.15) is 11.6 Å². The zero-order valence-corrected chi connectivity index (χ0v) is 12.9. The average Bonchev–Trinajstić information content (AvgIpc) is 2.10. The zero-order valence-electron chi connectivity index (χ0n) is 12.9. The highest BCUT2D eigenvalue weighted by Crippen LogP contribution is 2.41. The minimum absolute atomic E-state index is 0.0276. The molecule has 0 bridgehead atoms. The quantitative estimate of drug-likeness (QED) is 0.702. The second-order valence-electron chi connectivity index (χ2n) is 7.58. The normalized spacial score (nSPS) is 15.6. The molecule has 0 N–H and O–H groups in total. The Kier molecular flexibility index (Phi) is 4.37. The van der Waals surface area contributed by atoms with Crippen molar-refractivity contribution < 1.29 is 9.59 Å². The van der Waals surface area contributed by atoms with Gasteiger partial charge in [-0.3, -0.25) is 9.59 Å². The third-order valence-corrected chi connectivity index (χ3v) is 4.02. The van der Waals surface area contributed by atoms with E-state index in [4.69, 9.17) is 0 Å². The summed E-state index contributed by atoms with van der Waals surface area (Å²) in [6.07, 6.45) is 0. The van der Waals surface area contributed by atoms with Crippen molar-refractivity contribution in [2.24, 2.45) is 22.2 Å². The monoisotopic (exact) mass is 240 g/mol. The number of carbonyl (C=O) groups is 2. The van der Waals surface area contributed by atoms with Crippen molar-refractivity contribution >= 4 is 11.6 Å². The van der Waals surface area contributed by atoms with E-state index in [1.807, 2.05) is 55.4 Å². The lowest BCUT2D eigenvalue weighted by Gasteiger charge is -2.39. The Hall–Kier alpha value is -0.660. The maximum absolute atomic E-state index is 12.5. The maximum Gasteiger partial charge on any atom is 0.149 e. The Labute approximate surface area is 106 Å². The molecule has 0 aliphatic rings. The van der Waals surface area contributed by atoms with Gasteiger partial charge in [0.25, 0.3) is 0 Å². The van der Waals surface area contributed by atoms with E-state index in [1.54, 1.807) is 6.92 Å². The van der Waals surface area contributed by atoms with E-state index in [1.165, 1.54) is 0 Å². The van der Waals surface area contributed by atoms with E-state index in [-0.39, 0.29) is 17.0 Å². The Morgan fingerprint density at radius 2 is 1.12 bits per heavy atom. The summed E-state index contributed by atoms with van der Waals surface area (Å²) in [5.74, 6) is -0.450. The van der Waals surface area contributed by atoms with Crippen molar-refractivity contribution in [1.82, 2.24) is 0 Å². The SMILES string of the molecule is CC(C(=O)C(C)(C)C)C(=O)C(C)(C)C(C)(C)C. The molecule has 0 aromatic carbocycles. The zero-order chi connectivity index (χ0) is 14.2. The van der Waals surface area contributed by atoms with E-state index < -0.39 is 16.7 Å². The molecule has 2 heteroatoms. The smallest absolute Gasteiger partial charge is 0.149 e. The molecular formula is C15H28O2. The first-order valence-corrected chi connectivity index (χ1v) is 6.31. The van der Waals surface area contributed by atoms with Crippen molar-refractivity contribution in [3.63, 3.8) is 0 Å². The van der Waals surface area contributed by atoms with Gasteiger partial charge in [0.2, 0.25) is 0 Å². The van der Waals surface area contributed by atoms with Gasteiger partial charge in [-0.1, -0.05) is 55.4 Å². The Morgan fingerprint density at radius 3 is 1.35 bits per heavy atom. The molecule has 0 aromatic heterocycles. The summed E-state index contributed by atoms with van der Waals surface area (Å²) in [4.78, 5) is 24.6. The summed E-state index contributed by atoms with van der Waals surface area (Å²) in [7, 11) is 0. The molecule has 0 fully saturated rings. The lowest BCUT2D eigenvalue weighted by atomic mass is 9.63. The second-order valence-corrected chi connectivity index (χ2v) is 7.58. The van der Waals surface area contributed by atoms with Crippen LogP contribution >= 0.6 is 0 Å². The van der Waals surface area contributed by atoms with Gasteiger partial charge in [-0.15, -0.1) is 0 Å². The maximum atomic E-state index is 12.5. The van der Waals surface area contributed by atoms with Crippen molar-refractivity contribution in [2.75, 3.05) is 0 Å². The van der Waals surface area contributed by atoms with Crippen molar-refractivity contribution in [2.45, 2.75) is 62.3 Å². The molecule has 0 aromatic rings. The first-order valence-electron chi connectivity index (χ1n) is 6.31. The predicted octanol–water partition coefficient (Wildman–Crippen LogP) is 3.88. The summed E-state index contributed by atoms with van der Waals surface area (Å²) in [6.45, 7) is 17.3. The topological polar surface area (TPSA) is 34.1 Å². The van der Waals surface area contributed by atoms with Crippen LogP contribution in [0.1, 0.15) is 62.3 Å². The third kappa shape index (κ3) is 3.40. The van der Waals surface area contributed by atoms with Crippen LogP contribution < -0.4 is 0 Å². The molecule has 1 atom stereocenters. The predicted molar refractivity (Wildman–Crippen MR) is 71.9 cm³/mol. The van der Waals surface area contributed by atoms with Crippen LogP contribution in [0.25, 0.3) is 0 Å². The molecule has 0 radical (unpaired) electrons. The van der Waals surface area contributed by atoms with Crippen LogP contribution in [0.15, 0.2) is 0 Å². The highest BCUT2D eigenvalue weighted by atomic mass is 16.2. The second kappa shape index (κ2) is 4.55. The average molecular weight is 240 g/mol. The van der Waals surface area contributed by atoms with Crippen LogP contribution in [0.3, 0.4) is 0 Å². The highest BCUT2D eigenvalue weighted by molar-refractivity contribution is 6.06. The number of ketones is 2. The first-order chi connectivity index (χ1) is 7.23. The number of carbonyl (C=O) groups excluding carboxylic acids is 2. The number of rotatable bonds is 3. The first kappa shape index (κ1) is 16.3. The van der Waals surface area contributed by atoms with E-state index in [2.05, 4.69) is 0 Å². The van der Waals surface area contributed by atoms with Crippen molar-refractivity contribution in [1.29, 1.82) is 0 Å². The standard InChI is InChI=1S/C15H28O2/c1-10(11(16)13(2,3)4)12(17)15(8,9)14(5,6)7/h10H,1-9H3. The van der Waals surface area contributed by atoms with Gasteiger partial charge in [0, 0.05) is 10.8 Å². The molecule has 100 valence electrons. The molecule has 0 spiro atoms. The summed E-state index contributed by atoms with van der Waals surface area (Å²) >= 11 is 0. The van der Waals surface area contributed by atoms with Crippen LogP contribution in [0, 0.1) is 22.2 Å². The molecule has 17 heavy (non-hydrogen) atoms. The fourth-order valence-corrected chi connectivity index (χ4v) is 1.68. The molecule has 0 rings (SSSR count). The third-order valence-electron chi connectivity index (χ3n) is 4.02. The largest absolute Gasteiger partial charge is 0.298 e. The molecule has 0 saturated heterocycles. The number of Topliss-reactive ketones (excluding diaryl/α,β-unsaturated/α-hetero) is 2. The van der Waals surface area contributed by atoms with Gasteiger partial charge in [0.05, 0.1) is 5.92 Å². The molecule has 1 unspecified atom stereocenters.